The molecule has 3 aromatic carbocycles. The van der Waals surface area contributed by atoms with E-state index in [1.165, 1.54) is 0 Å². The first-order valence-electron chi connectivity index (χ1n) is 9.02. The van der Waals surface area contributed by atoms with Crippen molar-refractivity contribution in [2.75, 3.05) is 6.61 Å². The van der Waals surface area contributed by atoms with Crippen LogP contribution in [0.25, 0.3) is 0 Å². The van der Waals surface area contributed by atoms with Gasteiger partial charge in [-0.15, -0.1) is 0 Å². The number of benzene rings is 3. The highest BCUT2D eigenvalue weighted by molar-refractivity contribution is 5.40. The van der Waals surface area contributed by atoms with Crippen molar-refractivity contribution in [3.05, 3.63) is 95.6 Å². The molecule has 0 aromatic heterocycles. The maximum atomic E-state index is 10.3. The average Bonchev–Trinajstić information content (AvgIpc) is 2.72. The number of rotatable bonds is 9. The molecule has 27 heavy (non-hydrogen) atoms. The van der Waals surface area contributed by atoms with Gasteiger partial charge in [0.1, 0.15) is 24.7 Å². The van der Waals surface area contributed by atoms with Crippen LogP contribution in [0.1, 0.15) is 29.2 Å². The molecule has 0 bridgehead atoms. The molecular formula is C23H24O4. The predicted molar refractivity (Wildman–Crippen MR) is 105 cm³/mol. The third-order valence-corrected chi connectivity index (χ3v) is 4.19. The molecule has 3 rings (SSSR count). The molecule has 140 valence electrons. The SMILES string of the molecule is OCCC(O)c1cc(OCc2ccccc2)cc(OCc2ccccc2)c1. The highest BCUT2D eigenvalue weighted by atomic mass is 16.5. The van der Waals surface area contributed by atoms with Gasteiger partial charge in [-0.25, -0.2) is 0 Å². The average molecular weight is 364 g/mol. The van der Waals surface area contributed by atoms with Crippen LogP contribution in [-0.4, -0.2) is 16.8 Å². The molecule has 3 aromatic rings. The summed E-state index contributed by atoms with van der Waals surface area (Å²) < 4.78 is 11.8. The molecule has 2 N–H and O–H groups in total. The summed E-state index contributed by atoms with van der Waals surface area (Å²) in [6, 6.07) is 25.2. The molecule has 0 heterocycles. The smallest absolute Gasteiger partial charge is 0.123 e. The van der Waals surface area contributed by atoms with Gasteiger partial charge >= 0.3 is 0 Å². The zero-order valence-corrected chi connectivity index (χ0v) is 15.1. The monoisotopic (exact) mass is 364 g/mol. The van der Waals surface area contributed by atoms with Crippen molar-refractivity contribution >= 4 is 0 Å². The number of ether oxygens (including phenoxy) is 2. The zero-order valence-electron chi connectivity index (χ0n) is 15.1. The molecule has 4 heteroatoms. The molecule has 0 saturated carbocycles. The minimum Gasteiger partial charge on any atom is -0.489 e. The second-order valence-corrected chi connectivity index (χ2v) is 6.31. The number of hydrogen-bond acceptors (Lipinski definition) is 4. The first-order chi connectivity index (χ1) is 13.2. The first kappa shape index (κ1) is 19.0. The Labute approximate surface area is 159 Å². The molecule has 0 aliphatic rings. The lowest BCUT2D eigenvalue weighted by Crippen LogP contribution is -2.03. The summed E-state index contributed by atoms with van der Waals surface area (Å²) >= 11 is 0. The molecule has 0 amide bonds. The fourth-order valence-electron chi connectivity index (χ4n) is 2.72. The molecule has 0 aliphatic heterocycles. The highest BCUT2D eigenvalue weighted by Gasteiger charge is 2.11. The number of aliphatic hydroxyl groups is 2. The Bertz CT molecular complexity index is 757. The Morgan fingerprint density at radius 2 is 1.19 bits per heavy atom. The second-order valence-electron chi connectivity index (χ2n) is 6.31. The maximum absolute atomic E-state index is 10.3. The van der Waals surface area contributed by atoms with Gasteiger partial charge in [0.2, 0.25) is 0 Å². The van der Waals surface area contributed by atoms with E-state index in [1.54, 1.807) is 12.1 Å². The van der Waals surface area contributed by atoms with Crippen molar-refractivity contribution < 1.29 is 19.7 Å². The van der Waals surface area contributed by atoms with Crippen LogP contribution >= 0.6 is 0 Å². The van der Waals surface area contributed by atoms with Crippen molar-refractivity contribution in [1.82, 2.24) is 0 Å². The molecule has 0 radical (unpaired) electrons. The minimum atomic E-state index is -0.769. The van der Waals surface area contributed by atoms with Gasteiger partial charge in [-0.05, 0) is 28.8 Å². The molecule has 0 fully saturated rings. The van der Waals surface area contributed by atoms with Crippen LogP contribution in [0.4, 0.5) is 0 Å². The lowest BCUT2D eigenvalue weighted by Gasteiger charge is -2.15. The van der Waals surface area contributed by atoms with E-state index in [2.05, 4.69) is 0 Å². The van der Waals surface area contributed by atoms with Crippen LogP contribution in [0.15, 0.2) is 78.9 Å². The van der Waals surface area contributed by atoms with Crippen molar-refractivity contribution in [2.45, 2.75) is 25.7 Å². The van der Waals surface area contributed by atoms with E-state index in [0.717, 1.165) is 11.1 Å². The molecule has 0 aliphatic carbocycles. The van der Waals surface area contributed by atoms with Crippen LogP contribution < -0.4 is 9.47 Å². The van der Waals surface area contributed by atoms with Gasteiger partial charge in [0, 0.05) is 19.1 Å². The Hall–Kier alpha value is -2.82. The largest absolute Gasteiger partial charge is 0.489 e. The fraction of sp³-hybridized carbons (Fsp3) is 0.217. The standard InChI is InChI=1S/C23H24O4/c24-12-11-23(25)20-13-21(26-16-18-7-3-1-4-8-18)15-22(14-20)27-17-19-9-5-2-6-10-19/h1-10,13-15,23-25H,11-12,16-17H2. The second kappa shape index (κ2) is 9.76. The lowest BCUT2D eigenvalue weighted by atomic mass is 10.1. The topological polar surface area (TPSA) is 58.9 Å². The van der Waals surface area contributed by atoms with Gasteiger partial charge in [-0.3, -0.25) is 0 Å². The Morgan fingerprint density at radius 3 is 1.63 bits per heavy atom. The lowest BCUT2D eigenvalue weighted by molar-refractivity contribution is 0.133. The van der Waals surface area contributed by atoms with E-state index in [4.69, 9.17) is 14.6 Å². The molecular weight excluding hydrogens is 340 g/mol. The van der Waals surface area contributed by atoms with Crippen LogP contribution in [0.5, 0.6) is 11.5 Å². The predicted octanol–water partition coefficient (Wildman–Crippen LogP) is 4.26. The fourth-order valence-corrected chi connectivity index (χ4v) is 2.72. The third-order valence-electron chi connectivity index (χ3n) is 4.19. The maximum Gasteiger partial charge on any atom is 0.123 e. The van der Waals surface area contributed by atoms with Gasteiger partial charge in [0.15, 0.2) is 0 Å². The summed E-state index contributed by atoms with van der Waals surface area (Å²) in [5.74, 6) is 1.24. The van der Waals surface area contributed by atoms with Crippen molar-refractivity contribution in [3.8, 4) is 11.5 Å². The van der Waals surface area contributed by atoms with Crippen LogP contribution in [0, 0.1) is 0 Å². The number of hydrogen-bond donors (Lipinski definition) is 2. The normalized spacial score (nSPS) is 11.8. The van der Waals surface area contributed by atoms with Crippen molar-refractivity contribution in [2.24, 2.45) is 0 Å². The quantitative estimate of drug-likeness (QED) is 0.596. The Morgan fingerprint density at radius 1 is 0.704 bits per heavy atom. The van der Waals surface area contributed by atoms with Gasteiger partial charge in [-0.1, -0.05) is 60.7 Å². The van der Waals surface area contributed by atoms with E-state index in [0.29, 0.717) is 30.3 Å². The summed E-state index contributed by atoms with van der Waals surface area (Å²) in [7, 11) is 0. The van der Waals surface area contributed by atoms with E-state index in [9.17, 15) is 5.11 Å². The van der Waals surface area contributed by atoms with Gasteiger partial charge in [0.05, 0.1) is 6.10 Å². The van der Waals surface area contributed by atoms with Gasteiger partial charge in [-0.2, -0.15) is 0 Å². The molecule has 0 saturated heterocycles. The van der Waals surface area contributed by atoms with Crippen molar-refractivity contribution in [3.63, 3.8) is 0 Å². The van der Waals surface area contributed by atoms with Gasteiger partial charge < -0.3 is 19.7 Å². The van der Waals surface area contributed by atoms with E-state index < -0.39 is 6.10 Å². The van der Waals surface area contributed by atoms with Crippen molar-refractivity contribution in [1.29, 1.82) is 0 Å². The molecule has 1 unspecified atom stereocenters. The third kappa shape index (κ3) is 5.84. The van der Waals surface area contributed by atoms with Crippen LogP contribution in [0.3, 0.4) is 0 Å². The van der Waals surface area contributed by atoms with E-state index >= 15 is 0 Å². The van der Waals surface area contributed by atoms with Crippen LogP contribution in [-0.2, 0) is 13.2 Å². The summed E-state index contributed by atoms with van der Waals surface area (Å²) in [5.41, 5.74) is 2.79. The summed E-state index contributed by atoms with van der Waals surface area (Å²) in [5, 5.41) is 19.4. The Kier molecular flexibility index (Phi) is 6.85. The molecule has 1 atom stereocenters. The minimum absolute atomic E-state index is 0.0868. The number of aliphatic hydroxyl groups excluding tert-OH is 2. The van der Waals surface area contributed by atoms with E-state index in [1.807, 2.05) is 66.7 Å². The van der Waals surface area contributed by atoms with E-state index in [-0.39, 0.29) is 13.0 Å². The zero-order chi connectivity index (χ0) is 18.9. The summed E-state index contributed by atoms with van der Waals surface area (Å²) in [4.78, 5) is 0. The summed E-state index contributed by atoms with van der Waals surface area (Å²) in [6.07, 6.45) is -0.505. The highest BCUT2D eigenvalue weighted by Crippen LogP contribution is 2.29. The van der Waals surface area contributed by atoms with Gasteiger partial charge in [0.25, 0.3) is 0 Å². The molecule has 0 spiro atoms. The van der Waals surface area contributed by atoms with Crippen LogP contribution in [0.2, 0.25) is 0 Å². The summed E-state index contributed by atoms with van der Waals surface area (Å²) in [6.45, 7) is 0.771. The Balaban J connectivity index is 1.75. The molecule has 4 nitrogen and oxygen atoms in total. The first-order valence-corrected chi connectivity index (χ1v) is 9.02.